The summed E-state index contributed by atoms with van der Waals surface area (Å²) in [5.41, 5.74) is 6.01. The third kappa shape index (κ3) is 4.60. The van der Waals surface area contributed by atoms with Gasteiger partial charge in [0, 0.05) is 13.7 Å². The third-order valence-electron chi connectivity index (χ3n) is 2.01. The molecule has 0 aliphatic rings. The van der Waals surface area contributed by atoms with E-state index in [1.54, 1.807) is 7.11 Å². The largest absolute Gasteiger partial charge is 0.380 e. The second-order valence-electron chi connectivity index (χ2n) is 4.35. The van der Waals surface area contributed by atoms with Crippen LogP contribution in [0, 0.1) is 5.41 Å². The van der Waals surface area contributed by atoms with Gasteiger partial charge in [0.1, 0.15) is 0 Å². The van der Waals surface area contributed by atoms with Crippen LogP contribution in [-0.4, -0.2) is 32.5 Å². The Morgan fingerprint density at radius 2 is 1.85 bits per heavy atom. The average molecular weight is 189 g/mol. The first kappa shape index (κ1) is 12.9. The van der Waals surface area contributed by atoms with Crippen LogP contribution in [0.25, 0.3) is 0 Å². The predicted octanol–water partition coefficient (Wildman–Crippen LogP) is 1.41. The zero-order valence-electron chi connectivity index (χ0n) is 9.46. The summed E-state index contributed by atoms with van der Waals surface area (Å²) in [6.07, 6.45) is 0.0408. The highest BCUT2D eigenvalue weighted by Crippen LogP contribution is 2.23. The number of hydrogen-bond acceptors (Lipinski definition) is 3. The maximum atomic E-state index is 5.95. The van der Waals surface area contributed by atoms with Gasteiger partial charge in [-0.05, 0) is 12.3 Å². The van der Waals surface area contributed by atoms with Crippen molar-refractivity contribution in [3.05, 3.63) is 0 Å². The molecule has 3 heteroatoms. The van der Waals surface area contributed by atoms with E-state index in [1.165, 1.54) is 0 Å². The van der Waals surface area contributed by atoms with Crippen LogP contribution in [0.3, 0.4) is 0 Å². The second-order valence-corrected chi connectivity index (χ2v) is 4.35. The van der Waals surface area contributed by atoms with Gasteiger partial charge in [-0.3, -0.25) is 0 Å². The van der Waals surface area contributed by atoms with Crippen molar-refractivity contribution in [2.45, 2.75) is 39.8 Å². The molecule has 0 radical (unpaired) electrons. The van der Waals surface area contributed by atoms with Crippen LogP contribution >= 0.6 is 0 Å². The van der Waals surface area contributed by atoms with Crippen LogP contribution in [0.5, 0.6) is 0 Å². The Hall–Kier alpha value is -0.120. The molecular weight excluding hydrogens is 166 g/mol. The van der Waals surface area contributed by atoms with Crippen molar-refractivity contribution >= 4 is 0 Å². The summed E-state index contributed by atoms with van der Waals surface area (Å²) in [7, 11) is 1.70. The molecule has 0 bridgehead atoms. The molecule has 2 N–H and O–H groups in total. The Balaban J connectivity index is 4.07. The van der Waals surface area contributed by atoms with Gasteiger partial charge in [0.05, 0.1) is 18.8 Å². The fraction of sp³-hybridized carbons (Fsp3) is 1.00. The van der Waals surface area contributed by atoms with E-state index in [0.717, 1.165) is 0 Å². The smallest absolute Gasteiger partial charge is 0.0792 e. The van der Waals surface area contributed by atoms with Crippen LogP contribution in [0.4, 0.5) is 0 Å². The molecule has 0 rings (SSSR count). The summed E-state index contributed by atoms with van der Waals surface area (Å²) in [6.45, 7) is 9.58. The number of ether oxygens (including phenoxy) is 2. The van der Waals surface area contributed by atoms with Crippen LogP contribution in [0.1, 0.15) is 27.7 Å². The van der Waals surface area contributed by atoms with E-state index < -0.39 is 0 Å². The fourth-order valence-electron chi connectivity index (χ4n) is 1.51. The van der Waals surface area contributed by atoms with E-state index in [0.29, 0.717) is 13.2 Å². The molecule has 0 heterocycles. The lowest BCUT2D eigenvalue weighted by Gasteiger charge is -2.33. The first-order valence-electron chi connectivity index (χ1n) is 4.79. The molecule has 0 spiro atoms. The molecule has 0 aliphatic carbocycles. The van der Waals surface area contributed by atoms with Gasteiger partial charge in [0.2, 0.25) is 0 Å². The van der Waals surface area contributed by atoms with Gasteiger partial charge in [0.15, 0.2) is 0 Å². The lowest BCUT2D eigenvalue weighted by atomic mass is 9.85. The predicted molar refractivity (Wildman–Crippen MR) is 54.7 cm³/mol. The molecule has 0 saturated heterocycles. The van der Waals surface area contributed by atoms with Crippen molar-refractivity contribution in [3.63, 3.8) is 0 Å². The molecule has 0 saturated carbocycles. The second kappa shape index (κ2) is 5.58. The Morgan fingerprint density at radius 3 is 2.15 bits per heavy atom. The molecule has 2 atom stereocenters. The molecular formula is C10H23NO2. The highest BCUT2D eigenvalue weighted by Gasteiger charge is 2.29. The standard InChI is InChI=1S/C10H23NO2/c1-6-13-7-8(11)9(12-5)10(2,3)4/h8-9H,6-7,11H2,1-5H3. The van der Waals surface area contributed by atoms with Crippen molar-refractivity contribution in [1.82, 2.24) is 0 Å². The van der Waals surface area contributed by atoms with E-state index in [1.807, 2.05) is 6.92 Å². The summed E-state index contributed by atoms with van der Waals surface area (Å²) in [4.78, 5) is 0. The van der Waals surface area contributed by atoms with Crippen molar-refractivity contribution in [1.29, 1.82) is 0 Å². The minimum Gasteiger partial charge on any atom is -0.380 e. The van der Waals surface area contributed by atoms with Crippen molar-refractivity contribution in [2.24, 2.45) is 11.1 Å². The van der Waals surface area contributed by atoms with E-state index in [4.69, 9.17) is 15.2 Å². The van der Waals surface area contributed by atoms with Crippen LogP contribution in [-0.2, 0) is 9.47 Å². The van der Waals surface area contributed by atoms with Crippen molar-refractivity contribution in [3.8, 4) is 0 Å². The molecule has 0 amide bonds. The molecule has 0 aromatic heterocycles. The summed E-state index contributed by atoms with van der Waals surface area (Å²) in [5.74, 6) is 0. The highest BCUT2D eigenvalue weighted by atomic mass is 16.5. The van der Waals surface area contributed by atoms with Gasteiger partial charge >= 0.3 is 0 Å². The molecule has 0 aromatic carbocycles. The van der Waals surface area contributed by atoms with Gasteiger partial charge < -0.3 is 15.2 Å². The Kier molecular flexibility index (Phi) is 5.53. The number of rotatable bonds is 5. The molecule has 0 aromatic rings. The quantitative estimate of drug-likeness (QED) is 0.711. The van der Waals surface area contributed by atoms with Gasteiger partial charge in [-0.1, -0.05) is 20.8 Å². The molecule has 0 fully saturated rings. The zero-order valence-corrected chi connectivity index (χ0v) is 9.46. The maximum absolute atomic E-state index is 5.95. The molecule has 80 valence electrons. The zero-order chi connectivity index (χ0) is 10.5. The van der Waals surface area contributed by atoms with Gasteiger partial charge in [-0.15, -0.1) is 0 Å². The fourth-order valence-corrected chi connectivity index (χ4v) is 1.51. The van der Waals surface area contributed by atoms with Crippen LogP contribution in [0.2, 0.25) is 0 Å². The van der Waals surface area contributed by atoms with Crippen LogP contribution < -0.4 is 5.73 Å². The maximum Gasteiger partial charge on any atom is 0.0792 e. The van der Waals surface area contributed by atoms with E-state index in [-0.39, 0.29) is 17.6 Å². The van der Waals surface area contributed by atoms with Crippen molar-refractivity contribution < 1.29 is 9.47 Å². The van der Waals surface area contributed by atoms with Gasteiger partial charge in [-0.25, -0.2) is 0 Å². The van der Waals surface area contributed by atoms with Gasteiger partial charge in [-0.2, -0.15) is 0 Å². The first-order chi connectivity index (χ1) is 5.93. The number of nitrogens with two attached hydrogens (primary N) is 1. The third-order valence-corrected chi connectivity index (χ3v) is 2.01. The molecule has 3 nitrogen and oxygen atoms in total. The first-order valence-corrected chi connectivity index (χ1v) is 4.79. The topological polar surface area (TPSA) is 44.5 Å². The molecule has 2 unspecified atom stereocenters. The Morgan fingerprint density at radius 1 is 1.31 bits per heavy atom. The summed E-state index contributed by atoms with van der Waals surface area (Å²) in [5, 5.41) is 0. The van der Waals surface area contributed by atoms with Crippen LogP contribution in [0.15, 0.2) is 0 Å². The Labute approximate surface area is 81.6 Å². The minimum absolute atomic E-state index is 0.0408. The lowest BCUT2D eigenvalue weighted by molar-refractivity contribution is -0.0244. The monoisotopic (exact) mass is 189 g/mol. The summed E-state index contributed by atoms with van der Waals surface area (Å²) < 4.78 is 10.6. The van der Waals surface area contributed by atoms with E-state index in [9.17, 15) is 0 Å². The normalized spacial score (nSPS) is 17.1. The number of methoxy groups -OCH3 is 1. The van der Waals surface area contributed by atoms with E-state index >= 15 is 0 Å². The molecule has 0 aliphatic heterocycles. The molecule has 13 heavy (non-hydrogen) atoms. The number of hydrogen-bond donors (Lipinski definition) is 1. The lowest BCUT2D eigenvalue weighted by Crippen LogP contribution is -2.47. The minimum atomic E-state index is -0.0510. The summed E-state index contributed by atoms with van der Waals surface area (Å²) in [6, 6.07) is -0.0510. The van der Waals surface area contributed by atoms with E-state index in [2.05, 4.69) is 20.8 Å². The highest BCUT2D eigenvalue weighted by molar-refractivity contribution is 4.83. The average Bonchev–Trinajstić information content (AvgIpc) is 1.99. The van der Waals surface area contributed by atoms with Gasteiger partial charge in [0.25, 0.3) is 0 Å². The Bertz CT molecular complexity index is 131. The van der Waals surface area contributed by atoms with Crippen molar-refractivity contribution in [2.75, 3.05) is 20.3 Å². The SMILES string of the molecule is CCOCC(N)C(OC)C(C)(C)C. The summed E-state index contributed by atoms with van der Waals surface area (Å²) >= 11 is 0.